The minimum absolute atomic E-state index is 0.189. The van der Waals surface area contributed by atoms with E-state index in [9.17, 15) is 9.59 Å². The van der Waals surface area contributed by atoms with E-state index in [1.807, 2.05) is 5.38 Å². The van der Waals surface area contributed by atoms with Gasteiger partial charge >= 0.3 is 5.97 Å². The standard InChI is InChI=1S/C13H12N2O3S/c1-7-4-5-15(11(16)10(7)12(17)18)13-14-9(6-19-13)8-2-3-8/h4-6,8H,2-3H2,1H3,(H,17,18). The highest BCUT2D eigenvalue weighted by atomic mass is 32.1. The minimum atomic E-state index is -1.20. The van der Waals surface area contributed by atoms with E-state index in [1.54, 1.807) is 19.2 Å². The average molecular weight is 276 g/mol. The highest BCUT2D eigenvalue weighted by molar-refractivity contribution is 7.12. The third kappa shape index (κ3) is 2.08. The summed E-state index contributed by atoms with van der Waals surface area (Å²) in [6.45, 7) is 1.62. The predicted octanol–water partition coefficient (Wildman–Crippen LogP) is 2.18. The molecule has 1 fully saturated rings. The van der Waals surface area contributed by atoms with Gasteiger partial charge in [-0.15, -0.1) is 11.3 Å². The van der Waals surface area contributed by atoms with Crippen molar-refractivity contribution in [3.63, 3.8) is 0 Å². The largest absolute Gasteiger partial charge is 0.477 e. The van der Waals surface area contributed by atoms with Gasteiger partial charge in [0, 0.05) is 17.5 Å². The average Bonchev–Trinajstić information content (AvgIpc) is 3.08. The van der Waals surface area contributed by atoms with Crippen LogP contribution in [0.1, 0.15) is 40.4 Å². The highest BCUT2D eigenvalue weighted by Gasteiger charge is 2.26. The van der Waals surface area contributed by atoms with Crippen LogP contribution in [0.25, 0.3) is 5.13 Å². The molecule has 0 saturated heterocycles. The Morgan fingerprint density at radius 3 is 2.89 bits per heavy atom. The van der Waals surface area contributed by atoms with Crippen LogP contribution < -0.4 is 5.56 Å². The van der Waals surface area contributed by atoms with E-state index >= 15 is 0 Å². The number of aromatic nitrogens is 2. The quantitative estimate of drug-likeness (QED) is 0.932. The van der Waals surface area contributed by atoms with Crippen LogP contribution in [0, 0.1) is 6.92 Å². The third-order valence-electron chi connectivity index (χ3n) is 3.23. The summed E-state index contributed by atoms with van der Waals surface area (Å²) in [6.07, 6.45) is 3.87. The molecule has 0 atom stereocenters. The maximum atomic E-state index is 12.2. The topological polar surface area (TPSA) is 72.2 Å². The molecule has 98 valence electrons. The number of aryl methyl sites for hydroxylation is 1. The molecule has 1 aliphatic carbocycles. The van der Waals surface area contributed by atoms with Crippen LogP contribution in [-0.4, -0.2) is 20.6 Å². The molecule has 2 aromatic rings. The Morgan fingerprint density at radius 2 is 2.26 bits per heavy atom. The van der Waals surface area contributed by atoms with Crippen LogP contribution >= 0.6 is 11.3 Å². The van der Waals surface area contributed by atoms with Crippen molar-refractivity contribution in [2.24, 2.45) is 0 Å². The predicted molar refractivity (Wildman–Crippen MR) is 71.4 cm³/mol. The van der Waals surface area contributed by atoms with Gasteiger partial charge in [-0.05, 0) is 31.4 Å². The van der Waals surface area contributed by atoms with Crippen LogP contribution in [0.2, 0.25) is 0 Å². The van der Waals surface area contributed by atoms with Gasteiger partial charge in [0.25, 0.3) is 5.56 Å². The lowest BCUT2D eigenvalue weighted by Gasteiger charge is -2.05. The van der Waals surface area contributed by atoms with Gasteiger partial charge in [0.1, 0.15) is 5.56 Å². The Hall–Kier alpha value is -1.95. The van der Waals surface area contributed by atoms with Crippen molar-refractivity contribution in [1.82, 2.24) is 9.55 Å². The lowest BCUT2D eigenvalue weighted by Crippen LogP contribution is -2.25. The van der Waals surface area contributed by atoms with Gasteiger partial charge < -0.3 is 5.11 Å². The minimum Gasteiger partial charge on any atom is -0.477 e. The lowest BCUT2D eigenvalue weighted by atomic mass is 10.1. The van der Waals surface area contributed by atoms with Gasteiger partial charge in [-0.3, -0.25) is 9.36 Å². The molecule has 2 heterocycles. The van der Waals surface area contributed by atoms with Crippen molar-refractivity contribution in [2.45, 2.75) is 25.7 Å². The second-order valence-corrected chi connectivity index (χ2v) is 5.52. The van der Waals surface area contributed by atoms with Crippen LogP contribution in [-0.2, 0) is 0 Å². The molecule has 3 rings (SSSR count). The first-order valence-electron chi connectivity index (χ1n) is 5.99. The number of carboxylic acids is 1. The number of hydrogen-bond acceptors (Lipinski definition) is 4. The molecular formula is C13H12N2O3S. The summed E-state index contributed by atoms with van der Waals surface area (Å²) in [5, 5.41) is 11.6. The van der Waals surface area contributed by atoms with Crippen LogP contribution in [0.5, 0.6) is 0 Å². The first-order chi connectivity index (χ1) is 9.08. The van der Waals surface area contributed by atoms with E-state index < -0.39 is 11.5 Å². The second-order valence-electron chi connectivity index (χ2n) is 4.68. The molecule has 0 amide bonds. The van der Waals surface area contributed by atoms with Crippen molar-refractivity contribution < 1.29 is 9.90 Å². The van der Waals surface area contributed by atoms with Crippen LogP contribution in [0.3, 0.4) is 0 Å². The molecule has 2 aromatic heterocycles. The van der Waals surface area contributed by atoms with Crippen molar-refractivity contribution in [3.05, 3.63) is 44.8 Å². The molecule has 1 aliphatic rings. The summed E-state index contributed by atoms with van der Waals surface area (Å²) >= 11 is 1.37. The Kier molecular flexibility index (Phi) is 2.74. The van der Waals surface area contributed by atoms with E-state index in [0.29, 0.717) is 16.6 Å². The Labute approximate surface area is 113 Å². The van der Waals surface area contributed by atoms with Crippen LogP contribution in [0.15, 0.2) is 22.4 Å². The van der Waals surface area contributed by atoms with Crippen molar-refractivity contribution >= 4 is 17.3 Å². The molecule has 0 bridgehead atoms. The second kappa shape index (κ2) is 4.31. The molecule has 0 aliphatic heterocycles. The summed E-state index contributed by atoms with van der Waals surface area (Å²) in [5.74, 6) is -0.680. The highest BCUT2D eigenvalue weighted by Crippen LogP contribution is 2.40. The molecule has 0 radical (unpaired) electrons. The van der Waals surface area contributed by atoms with Gasteiger partial charge in [0.2, 0.25) is 0 Å². The van der Waals surface area contributed by atoms with Crippen molar-refractivity contribution in [2.75, 3.05) is 0 Å². The summed E-state index contributed by atoms with van der Waals surface area (Å²) in [5.41, 5.74) is 0.756. The number of aromatic carboxylic acids is 1. The number of carboxylic acid groups (broad SMARTS) is 1. The zero-order chi connectivity index (χ0) is 13.6. The Morgan fingerprint density at radius 1 is 1.53 bits per heavy atom. The number of carbonyl (C=O) groups is 1. The number of pyridine rings is 1. The fourth-order valence-corrected chi connectivity index (χ4v) is 2.88. The number of thiazole rings is 1. The molecule has 1 saturated carbocycles. The molecule has 0 spiro atoms. The molecule has 0 aromatic carbocycles. The first kappa shape index (κ1) is 12.1. The van der Waals surface area contributed by atoms with Gasteiger partial charge in [-0.1, -0.05) is 0 Å². The SMILES string of the molecule is Cc1ccn(-c2nc(C3CC3)cs2)c(=O)c1C(=O)O. The van der Waals surface area contributed by atoms with Gasteiger partial charge in [0.05, 0.1) is 5.69 Å². The maximum absolute atomic E-state index is 12.2. The molecule has 1 N–H and O–H groups in total. The zero-order valence-corrected chi connectivity index (χ0v) is 11.1. The van der Waals surface area contributed by atoms with Crippen LogP contribution in [0.4, 0.5) is 0 Å². The van der Waals surface area contributed by atoms with E-state index in [4.69, 9.17) is 5.11 Å². The molecule has 19 heavy (non-hydrogen) atoms. The van der Waals surface area contributed by atoms with Gasteiger partial charge in [-0.25, -0.2) is 9.78 Å². The molecule has 0 unspecified atom stereocenters. The van der Waals surface area contributed by atoms with E-state index in [0.717, 1.165) is 18.5 Å². The summed E-state index contributed by atoms with van der Waals surface area (Å²) in [6, 6.07) is 1.63. The Balaban J connectivity index is 2.11. The smallest absolute Gasteiger partial charge is 0.341 e. The summed E-state index contributed by atoms with van der Waals surface area (Å²) in [4.78, 5) is 27.7. The van der Waals surface area contributed by atoms with Gasteiger partial charge in [0.15, 0.2) is 5.13 Å². The van der Waals surface area contributed by atoms with E-state index in [1.165, 1.54) is 15.9 Å². The molecule has 5 nitrogen and oxygen atoms in total. The fraction of sp³-hybridized carbons (Fsp3) is 0.308. The summed E-state index contributed by atoms with van der Waals surface area (Å²) < 4.78 is 1.31. The van der Waals surface area contributed by atoms with E-state index in [2.05, 4.69) is 4.98 Å². The fourth-order valence-electron chi connectivity index (χ4n) is 1.99. The number of rotatable bonds is 3. The normalized spacial score (nSPS) is 14.6. The molecular weight excluding hydrogens is 264 g/mol. The maximum Gasteiger partial charge on any atom is 0.341 e. The third-order valence-corrected chi connectivity index (χ3v) is 4.08. The zero-order valence-electron chi connectivity index (χ0n) is 10.3. The molecule has 6 heteroatoms. The van der Waals surface area contributed by atoms with Gasteiger partial charge in [-0.2, -0.15) is 0 Å². The number of nitrogens with zero attached hydrogens (tertiary/aromatic N) is 2. The monoisotopic (exact) mass is 276 g/mol. The number of hydrogen-bond donors (Lipinski definition) is 1. The lowest BCUT2D eigenvalue weighted by molar-refractivity contribution is 0.0694. The van der Waals surface area contributed by atoms with Crippen molar-refractivity contribution in [1.29, 1.82) is 0 Å². The van der Waals surface area contributed by atoms with Crippen molar-refractivity contribution in [3.8, 4) is 5.13 Å². The first-order valence-corrected chi connectivity index (χ1v) is 6.87. The van der Waals surface area contributed by atoms with E-state index in [-0.39, 0.29) is 5.56 Å². The summed E-state index contributed by atoms with van der Waals surface area (Å²) in [7, 11) is 0. The Bertz CT molecular complexity index is 713.